The molecule has 0 saturated carbocycles. The summed E-state index contributed by atoms with van der Waals surface area (Å²) in [7, 11) is 0. The summed E-state index contributed by atoms with van der Waals surface area (Å²) >= 11 is 6.13. The fourth-order valence-electron chi connectivity index (χ4n) is 2.14. The number of nitrogens with one attached hydrogen (secondary N) is 1. The molecule has 1 N–H and O–H groups in total. The van der Waals surface area contributed by atoms with E-state index in [0.29, 0.717) is 11.3 Å². The summed E-state index contributed by atoms with van der Waals surface area (Å²) in [6, 6.07) is 13.6. The SMILES string of the molecule is CCOC(=O)C(=O)Cc1cccc(Cl)c1C(=O)Nc1ccccc1. The van der Waals surface area contributed by atoms with Gasteiger partial charge in [0, 0.05) is 12.1 Å². The minimum absolute atomic E-state index is 0.113. The Hall–Kier alpha value is -2.66. The van der Waals surface area contributed by atoms with Gasteiger partial charge in [-0.05, 0) is 30.7 Å². The van der Waals surface area contributed by atoms with E-state index in [1.165, 1.54) is 0 Å². The number of ketones is 1. The van der Waals surface area contributed by atoms with E-state index in [4.69, 9.17) is 11.6 Å². The number of carbonyl (C=O) groups is 3. The molecule has 0 fully saturated rings. The molecule has 2 rings (SSSR count). The van der Waals surface area contributed by atoms with Crippen LogP contribution in [0.2, 0.25) is 5.02 Å². The first-order chi connectivity index (χ1) is 11.5. The van der Waals surface area contributed by atoms with Crippen molar-refractivity contribution >= 4 is 34.9 Å². The van der Waals surface area contributed by atoms with E-state index in [1.807, 2.05) is 6.07 Å². The average molecular weight is 346 g/mol. The van der Waals surface area contributed by atoms with E-state index in [0.717, 1.165) is 0 Å². The van der Waals surface area contributed by atoms with Gasteiger partial charge in [-0.25, -0.2) is 4.79 Å². The second kappa shape index (κ2) is 8.26. The Bertz CT molecular complexity index is 759. The second-order valence-corrected chi connectivity index (χ2v) is 5.32. The zero-order valence-corrected chi connectivity index (χ0v) is 13.8. The average Bonchev–Trinajstić information content (AvgIpc) is 2.56. The van der Waals surface area contributed by atoms with Crippen LogP contribution in [0.15, 0.2) is 48.5 Å². The number of rotatable bonds is 6. The Kier molecular flexibility index (Phi) is 6.09. The molecule has 2 aromatic rings. The fourth-order valence-corrected chi connectivity index (χ4v) is 2.42. The van der Waals surface area contributed by atoms with Gasteiger partial charge in [-0.3, -0.25) is 9.59 Å². The molecule has 0 aliphatic rings. The molecule has 24 heavy (non-hydrogen) atoms. The lowest BCUT2D eigenvalue weighted by molar-refractivity contribution is -0.153. The highest BCUT2D eigenvalue weighted by atomic mass is 35.5. The van der Waals surface area contributed by atoms with Gasteiger partial charge >= 0.3 is 5.97 Å². The first-order valence-electron chi connectivity index (χ1n) is 7.36. The highest BCUT2D eigenvalue weighted by Gasteiger charge is 2.21. The standard InChI is InChI=1S/C18H16ClNO4/c1-2-24-18(23)15(21)11-12-7-6-10-14(19)16(12)17(22)20-13-8-4-3-5-9-13/h3-10H,2,11H2,1H3,(H,20,22). The number of para-hydroxylation sites is 1. The van der Waals surface area contributed by atoms with Crippen molar-refractivity contribution in [2.45, 2.75) is 13.3 Å². The molecule has 1 amide bonds. The van der Waals surface area contributed by atoms with Crippen molar-refractivity contribution in [3.8, 4) is 0 Å². The Balaban J connectivity index is 2.24. The Labute approximate surface area is 144 Å². The van der Waals surface area contributed by atoms with Crippen LogP contribution >= 0.6 is 11.6 Å². The van der Waals surface area contributed by atoms with Crippen molar-refractivity contribution in [2.24, 2.45) is 0 Å². The predicted octanol–water partition coefficient (Wildman–Crippen LogP) is 3.27. The van der Waals surface area contributed by atoms with Gasteiger partial charge in [0.1, 0.15) is 0 Å². The van der Waals surface area contributed by atoms with Crippen molar-refractivity contribution in [2.75, 3.05) is 11.9 Å². The van der Waals surface area contributed by atoms with Crippen LogP contribution in [0.25, 0.3) is 0 Å². The van der Waals surface area contributed by atoms with E-state index >= 15 is 0 Å². The molecule has 5 nitrogen and oxygen atoms in total. The van der Waals surface area contributed by atoms with Crippen LogP contribution in [-0.2, 0) is 20.7 Å². The number of carbonyl (C=O) groups excluding carboxylic acids is 3. The summed E-state index contributed by atoms with van der Waals surface area (Å²) in [5.74, 6) is -2.10. The monoisotopic (exact) mass is 345 g/mol. The Morgan fingerprint density at radius 3 is 2.42 bits per heavy atom. The van der Waals surface area contributed by atoms with Gasteiger partial charge in [0.15, 0.2) is 0 Å². The molecule has 0 aliphatic carbocycles. The number of halogens is 1. The summed E-state index contributed by atoms with van der Waals surface area (Å²) in [5.41, 5.74) is 1.14. The normalized spacial score (nSPS) is 10.1. The molecule has 0 unspecified atom stereocenters. The molecule has 0 spiro atoms. The number of hydrogen-bond donors (Lipinski definition) is 1. The third kappa shape index (κ3) is 4.43. The quantitative estimate of drug-likeness (QED) is 0.644. The third-order valence-electron chi connectivity index (χ3n) is 3.21. The summed E-state index contributed by atoms with van der Waals surface area (Å²) in [5, 5.41) is 2.92. The van der Waals surface area contributed by atoms with E-state index in [2.05, 4.69) is 10.1 Å². The molecular weight excluding hydrogens is 330 g/mol. The van der Waals surface area contributed by atoms with Gasteiger partial charge in [-0.15, -0.1) is 0 Å². The van der Waals surface area contributed by atoms with Crippen LogP contribution in [0.1, 0.15) is 22.8 Å². The predicted molar refractivity (Wildman–Crippen MR) is 91.2 cm³/mol. The van der Waals surface area contributed by atoms with Crippen LogP contribution in [0, 0.1) is 0 Å². The van der Waals surface area contributed by atoms with E-state index in [1.54, 1.807) is 49.4 Å². The van der Waals surface area contributed by atoms with Crippen LogP contribution < -0.4 is 5.32 Å². The maximum absolute atomic E-state index is 12.5. The summed E-state index contributed by atoms with van der Waals surface area (Å²) in [4.78, 5) is 35.9. The lowest BCUT2D eigenvalue weighted by Crippen LogP contribution is -2.22. The first-order valence-corrected chi connectivity index (χ1v) is 7.74. The summed E-state index contributed by atoms with van der Waals surface area (Å²) in [6.45, 7) is 1.73. The molecule has 0 bridgehead atoms. The zero-order valence-electron chi connectivity index (χ0n) is 13.0. The van der Waals surface area contributed by atoms with Gasteiger partial charge in [0.25, 0.3) is 5.91 Å². The van der Waals surface area contributed by atoms with Gasteiger partial charge in [-0.2, -0.15) is 0 Å². The first kappa shape index (κ1) is 17.7. The number of hydrogen-bond acceptors (Lipinski definition) is 4. The molecule has 0 saturated heterocycles. The van der Waals surface area contributed by atoms with Crippen molar-refractivity contribution in [1.82, 2.24) is 0 Å². The lowest BCUT2D eigenvalue weighted by atomic mass is 10.0. The third-order valence-corrected chi connectivity index (χ3v) is 3.53. The fraction of sp³-hybridized carbons (Fsp3) is 0.167. The largest absolute Gasteiger partial charge is 0.460 e. The lowest BCUT2D eigenvalue weighted by Gasteiger charge is -2.11. The number of ether oxygens (including phenoxy) is 1. The minimum Gasteiger partial charge on any atom is -0.460 e. The molecular formula is C18H16ClNO4. The maximum atomic E-state index is 12.5. The summed E-state index contributed by atoms with van der Waals surface area (Å²) in [6.07, 6.45) is -0.253. The van der Waals surface area contributed by atoms with E-state index in [-0.39, 0.29) is 23.6 Å². The van der Waals surface area contributed by atoms with Crippen LogP contribution in [0.3, 0.4) is 0 Å². The molecule has 2 aromatic carbocycles. The molecule has 6 heteroatoms. The number of amides is 1. The smallest absolute Gasteiger partial charge is 0.374 e. The van der Waals surface area contributed by atoms with Crippen molar-refractivity contribution in [3.05, 3.63) is 64.7 Å². The Morgan fingerprint density at radius 2 is 1.75 bits per heavy atom. The van der Waals surface area contributed by atoms with Crippen LogP contribution in [0.4, 0.5) is 5.69 Å². The topological polar surface area (TPSA) is 72.5 Å². The van der Waals surface area contributed by atoms with E-state index in [9.17, 15) is 14.4 Å². The molecule has 0 aliphatic heterocycles. The molecule has 124 valence electrons. The second-order valence-electron chi connectivity index (χ2n) is 4.91. The molecule has 0 atom stereocenters. The van der Waals surface area contributed by atoms with Crippen LogP contribution in [0.5, 0.6) is 0 Å². The van der Waals surface area contributed by atoms with Crippen LogP contribution in [-0.4, -0.2) is 24.3 Å². The number of anilines is 1. The van der Waals surface area contributed by atoms with E-state index < -0.39 is 17.7 Å². The van der Waals surface area contributed by atoms with Crippen molar-refractivity contribution < 1.29 is 19.1 Å². The van der Waals surface area contributed by atoms with Crippen molar-refractivity contribution in [1.29, 1.82) is 0 Å². The molecule has 0 aromatic heterocycles. The van der Waals surface area contributed by atoms with Gasteiger partial charge in [-0.1, -0.05) is 41.9 Å². The number of Topliss-reactive ketones (excluding diaryl/α,β-unsaturated/α-hetero) is 1. The summed E-state index contributed by atoms with van der Waals surface area (Å²) < 4.78 is 4.68. The maximum Gasteiger partial charge on any atom is 0.374 e. The minimum atomic E-state index is -0.924. The zero-order chi connectivity index (χ0) is 17.5. The highest BCUT2D eigenvalue weighted by Crippen LogP contribution is 2.22. The van der Waals surface area contributed by atoms with Crippen molar-refractivity contribution in [3.63, 3.8) is 0 Å². The van der Waals surface area contributed by atoms with Gasteiger partial charge < -0.3 is 10.1 Å². The Morgan fingerprint density at radius 1 is 1.04 bits per heavy atom. The highest BCUT2D eigenvalue weighted by molar-refractivity contribution is 6.36. The molecule has 0 heterocycles. The van der Waals surface area contributed by atoms with Gasteiger partial charge in [0.05, 0.1) is 17.2 Å². The number of esters is 1. The molecule has 0 radical (unpaired) electrons. The number of benzene rings is 2. The van der Waals surface area contributed by atoms with Gasteiger partial charge in [0.2, 0.25) is 5.78 Å².